The molecule has 0 aliphatic rings. The Morgan fingerprint density at radius 2 is 1.84 bits per heavy atom. The molecule has 0 aromatic heterocycles. The molecule has 0 heterocycles. The smallest absolute Gasteiger partial charge is 0.338 e. The summed E-state index contributed by atoms with van der Waals surface area (Å²) < 4.78 is 18.1. The van der Waals surface area contributed by atoms with Crippen LogP contribution < -0.4 is 5.73 Å². The van der Waals surface area contributed by atoms with Crippen molar-refractivity contribution < 1.29 is 13.9 Å². The van der Waals surface area contributed by atoms with Crippen molar-refractivity contribution in [3.63, 3.8) is 0 Å². The van der Waals surface area contributed by atoms with E-state index < -0.39 is 11.8 Å². The van der Waals surface area contributed by atoms with E-state index in [-0.39, 0.29) is 11.3 Å². The summed E-state index contributed by atoms with van der Waals surface area (Å²) >= 11 is 0. The number of nitrogen functional groups attached to an aromatic ring is 1. The van der Waals surface area contributed by atoms with E-state index in [2.05, 4.69) is 6.92 Å². The fourth-order valence-corrected chi connectivity index (χ4v) is 1.86. The number of carbonyl (C=O) groups is 1. The van der Waals surface area contributed by atoms with Crippen molar-refractivity contribution in [3.8, 4) is 0 Å². The molecule has 0 amide bonds. The SMILES string of the molecule is CCCCCCCCOC(=O)c1cc(N)cc(F)c1. The van der Waals surface area contributed by atoms with Crippen molar-refractivity contribution in [2.45, 2.75) is 45.4 Å². The van der Waals surface area contributed by atoms with Crippen LogP contribution in [0.25, 0.3) is 0 Å². The number of halogens is 1. The summed E-state index contributed by atoms with van der Waals surface area (Å²) in [6.45, 7) is 2.55. The zero-order valence-electron chi connectivity index (χ0n) is 11.5. The van der Waals surface area contributed by atoms with Gasteiger partial charge in [-0.1, -0.05) is 39.0 Å². The van der Waals surface area contributed by atoms with E-state index >= 15 is 0 Å². The Bertz CT molecular complexity index is 387. The van der Waals surface area contributed by atoms with E-state index in [0.29, 0.717) is 6.61 Å². The largest absolute Gasteiger partial charge is 0.462 e. The fourth-order valence-electron chi connectivity index (χ4n) is 1.86. The fraction of sp³-hybridized carbons (Fsp3) is 0.533. The molecule has 0 spiro atoms. The van der Waals surface area contributed by atoms with Crippen LogP contribution in [-0.2, 0) is 4.74 Å². The molecular weight excluding hydrogens is 245 g/mol. The van der Waals surface area contributed by atoms with Gasteiger partial charge in [0.1, 0.15) is 5.82 Å². The first-order valence-electron chi connectivity index (χ1n) is 6.86. The number of ether oxygens (including phenoxy) is 1. The molecular formula is C15H22FNO2. The Kier molecular flexibility index (Phi) is 6.93. The lowest BCUT2D eigenvalue weighted by Crippen LogP contribution is -2.07. The van der Waals surface area contributed by atoms with Gasteiger partial charge >= 0.3 is 5.97 Å². The third-order valence-electron chi connectivity index (χ3n) is 2.89. The first kappa shape index (κ1) is 15.5. The number of nitrogens with two attached hydrogens (primary N) is 1. The lowest BCUT2D eigenvalue weighted by Gasteiger charge is -2.05. The Morgan fingerprint density at radius 3 is 2.53 bits per heavy atom. The molecule has 4 heteroatoms. The highest BCUT2D eigenvalue weighted by Crippen LogP contribution is 2.12. The van der Waals surface area contributed by atoms with Crippen LogP contribution in [0.2, 0.25) is 0 Å². The van der Waals surface area contributed by atoms with E-state index in [0.717, 1.165) is 25.3 Å². The number of hydrogen-bond acceptors (Lipinski definition) is 3. The number of esters is 1. The second-order valence-corrected chi connectivity index (χ2v) is 4.68. The van der Waals surface area contributed by atoms with E-state index in [1.807, 2.05) is 0 Å². The Balaban J connectivity index is 2.24. The minimum atomic E-state index is -0.522. The van der Waals surface area contributed by atoms with Crippen LogP contribution in [0.3, 0.4) is 0 Å². The molecule has 1 aromatic carbocycles. The molecule has 0 saturated heterocycles. The normalized spacial score (nSPS) is 10.4. The first-order chi connectivity index (χ1) is 9.13. The number of unbranched alkanes of at least 4 members (excludes halogenated alkanes) is 5. The van der Waals surface area contributed by atoms with Gasteiger partial charge in [-0.15, -0.1) is 0 Å². The van der Waals surface area contributed by atoms with Crippen LogP contribution in [0.15, 0.2) is 18.2 Å². The topological polar surface area (TPSA) is 52.3 Å². The molecule has 1 aromatic rings. The van der Waals surface area contributed by atoms with Crippen molar-refractivity contribution in [2.75, 3.05) is 12.3 Å². The zero-order valence-corrected chi connectivity index (χ0v) is 11.5. The van der Waals surface area contributed by atoms with Gasteiger partial charge in [0.2, 0.25) is 0 Å². The zero-order chi connectivity index (χ0) is 14.1. The minimum absolute atomic E-state index is 0.170. The highest BCUT2D eigenvalue weighted by atomic mass is 19.1. The van der Waals surface area contributed by atoms with Crippen LogP contribution in [0.5, 0.6) is 0 Å². The molecule has 0 aliphatic heterocycles. The van der Waals surface area contributed by atoms with Gasteiger partial charge in [0, 0.05) is 5.69 Å². The maximum absolute atomic E-state index is 13.1. The maximum Gasteiger partial charge on any atom is 0.338 e. The Hall–Kier alpha value is -1.58. The quantitative estimate of drug-likeness (QED) is 0.441. The standard InChI is InChI=1S/C15H22FNO2/c1-2-3-4-5-6-7-8-19-15(18)12-9-13(16)11-14(17)10-12/h9-11H,2-8,17H2,1H3. The van der Waals surface area contributed by atoms with Crippen molar-refractivity contribution in [1.29, 1.82) is 0 Å². The molecule has 106 valence electrons. The maximum atomic E-state index is 13.1. The molecule has 2 N–H and O–H groups in total. The average molecular weight is 267 g/mol. The monoisotopic (exact) mass is 267 g/mol. The van der Waals surface area contributed by atoms with Crippen molar-refractivity contribution in [2.24, 2.45) is 0 Å². The van der Waals surface area contributed by atoms with E-state index in [9.17, 15) is 9.18 Å². The number of anilines is 1. The molecule has 0 saturated carbocycles. The summed E-state index contributed by atoms with van der Waals surface area (Å²) in [6.07, 6.45) is 6.76. The lowest BCUT2D eigenvalue weighted by atomic mass is 10.1. The van der Waals surface area contributed by atoms with Crippen LogP contribution in [0, 0.1) is 5.82 Å². The highest BCUT2D eigenvalue weighted by Gasteiger charge is 2.09. The van der Waals surface area contributed by atoms with Crippen LogP contribution >= 0.6 is 0 Å². The van der Waals surface area contributed by atoms with Gasteiger partial charge < -0.3 is 10.5 Å². The average Bonchev–Trinajstić information content (AvgIpc) is 2.36. The molecule has 19 heavy (non-hydrogen) atoms. The molecule has 3 nitrogen and oxygen atoms in total. The summed E-state index contributed by atoms with van der Waals surface area (Å²) in [7, 11) is 0. The van der Waals surface area contributed by atoms with Crippen molar-refractivity contribution in [1.82, 2.24) is 0 Å². The van der Waals surface area contributed by atoms with Crippen molar-refractivity contribution >= 4 is 11.7 Å². The van der Waals surface area contributed by atoms with E-state index in [1.54, 1.807) is 0 Å². The summed E-state index contributed by atoms with van der Waals surface area (Å²) in [6, 6.07) is 3.73. The van der Waals surface area contributed by atoms with Crippen LogP contribution in [0.4, 0.5) is 10.1 Å². The van der Waals surface area contributed by atoms with Crippen LogP contribution in [-0.4, -0.2) is 12.6 Å². The van der Waals surface area contributed by atoms with Gasteiger partial charge in [-0.2, -0.15) is 0 Å². The number of hydrogen-bond donors (Lipinski definition) is 1. The van der Waals surface area contributed by atoms with Gasteiger partial charge in [-0.05, 0) is 24.6 Å². The number of benzene rings is 1. The third kappa shape index (κ3) is 6.22. The predicted octanol–water partition coefficient (Wildman–Crippen LogP) is 3.93. The molecule has 0 atom stereocenters. The molecule has 0 unspecified atom stereocenters. The van der Waals surface area contributed by atoms with Gasteiger partial charge in [-0.3, -0.25) is 0 Å². The second kappa shape index (κ2) is 8.51. The number of carbonyl (C=O) groups excluding carboxylic acids is 1. The van der Waals surface area contributed by atoms with Gasteiger partial charge in [0.05, 0.1) is 12.2 Å². The second-order valence-electron chi connectivity index (χ2n) is 4.68. The Morgan fingerprint density at radius 1 is 1.16 bits per heavy atom. The first-order valence-corrected chi connectivity index (χ1v) is 6.86. The molecule has 0 fully saturated rings. The molecule has 0 bridgehead atoms. The Labute approximate surface area is 113 Å². The summed E-state index contributed by atoms with van der Waals surface area (Å²) in [4.78, 5) is 11.6. The molecule has 1 rings (SSSR count). The van der Waals surface area contributed by atoms with E-state index in [4.69, 9.17) is 10.5 Å². The highest BCUT2D eigenvalue weighted by molar-refractivity contribution is 5.90. The number of rotatable bonds is 8. The summed E-state index contributed by atoms with van der Waals surface area (Å²) in [5.74, 6) is -1.04. The van der Waals surface area contributed by atoms with Gasteiger partial charge in [0.15, 0.2) is 0 Å². The summed E-state index contributed by atoms with van der Waals surface area (Å²) in [5, 5.41) is 0. The lowest BCUT2D eigenvalue weighted by molar-refractivity contribution is 0.0497. The van der Waals surface area contributed by atoms with Gasteiger partial charge in [0.25, 0.3) is 0 Å². The summed E-state index contributed by atoms with van der Waals surface area (Å²) in [5.41, 5.74) is 5.87. The van der Waals surface area contributed by atoms with Crippen LogP contribution in [0.1, 0.15) is 55.8 Å². The molecule has 0 aliphatic carbocycles. The minimum Gasteiger partial charge on any atom is -0.462 e. The van der Waals surface area contributed by atoms with Gasteiger partial charge in [-0.25, -0.2) is 9.18 Å². The molecule has 0 radical (unpaired) electrons. The third-order valence-corrected chi connectivity index (χ3v) is 2.89. The predicted molar refractivity (Wildman–Crippen MR) is 74.5 cm³/mol. The van der Waals surface area contributed by atoms with E-state index in [1.165, 1.54) is 31.4 Å². The van der Waals surface area contributed by atoms with Crippen molar-refractivity contribution in [3.05, 3.63) is 29.6 Å².